The smallest absolute Gasteiger partial charge is 0.270 e. The molecule has 0 spiro atoms. The zero-order chi connectivity index (χ0) is 26.5. The van der Waals surface area contributed by atoms with E-state index in [1.807, 2.05) is 0 Å². The van der Waals surface area contributed by atoms with Crippen molar-refractivity contribution in [1.29, 1.82) is 0 Å². The summed E-state index contributed by atoms with van der Waals surface area (Å²) in [6, 6.07) is 3.78. The lowest BCUT2D eigenvalue weighted by atomic mass is 9.85. The molecule has 0 radical (unpaired) electrons. The number of carbonyl (C=O) groups excluding carboxylic acids is 2. The van der Waals surface area contributed by atoms with Crippen LogP contribution in [0.2, 0.25) is 0 Å². The van der Waals surface area contributed by atoms with Crippen molar-refractivity contribution in [2.75, 3.05) is 5.32 Å². The maximum absolute atomic E-state index is 14.9. The molecule has 0 aromatic carbocycles. The summed E-state index contributed by atoms with van der Waals surface area (Å²) in [5.74, 6) is -1.13. The number of hydrogen-bond acceptors (Lipinski definition) is 5. The van der Waals surface area contributed by atoms with E-state index in [0.29, 0.717) is 47.9 Å². The number of H-pyrrole nitrogens is 1. The van der Waals surface area contributed by atoms with Crippen LogP contribution in [0, 0.1) is 25.7 Å². The van der Waals surface area contributed by atoms with Crippen LogP contribution in [0.25, 0.3) is 11.1 Å². The average molecular weight is 550 g/mol. The molecule has 37 heavy (non-hydrogen) atoms. The molecule has 1 aliphatic rings. The maximum Gasteiger partial charge on any atom is 0.270 e. The van der Waals surface area contributed by atoms with Crippen LogP contribution >= 0.6 is 23.2 Å². The van der Waals surface area contributed by atoms with E-state index in [1.165, 1.54) is 12.5 Å². The summed E-state index contributed by atoms with van der Waals surface area (Å²) in [5.41, 5.74) is 2.65. The number of rotatable bonds is 11. The molecule has 12 heteroatoms. The third-order valence-electron chi connectivity index (χ3n) is 6.64. The van der Waals surface area contributed by atoms with Gasteiger partial charge in [-0.25, -0.2) is 4.98 Å². The highest BCUT2D eigenvalue weighted by Crippen LogP contribution is 2.29. The molecule has 1 saturated carbocycles. The summed E-state index contributed by atoms with van der Waals surface area (Å²) in [7, 11) is 0. The quantitative estimate of drug-likeness (QED) is 0.231. The molecule has 4 rings (SSSR count). The summed E-state index contributed by atoms with van der Waals surface area (Å²) in [6.07, 6.45) is 6.24. The van der Waals surface area contributed by atoms with Crippen molar-refractivity contribution >= 4 is 40.8 Å². The van der Waals surface area contributed by atoms with E-state index in [-0.39, 0.29) is 17.8 Å². The standard InChI is InChI=1S/C25H30Cl2FN7O2/c1-14-22(15(2)34-33-14)17-9-10-21(31-23(17)28)32-24(36)18(7-4-8-20(26)27)30-25(37)19-11-12-29-35(19)13-16-5-3-6-16/h9-12,16,18,20H,3-8,13H2,1-2H3,(H,30,37)(H,33,34)(H,31,32,36)/t18-/m0/s1. The number of pyridine rings is 1. The Labute approximate surface area is 224 Å². The molecule has 1 fully saturated rings. The lowest BCUT2D eigenvalue weighted by molar-refractivity contribution is -0.118. The molecule has 2 amide bonds. The summed E-state index contributed by atoms with van der Waals surface area (Å²) >= 11 is 11.7. The molecule has 9 nitrogen and oxygen atoms in total. The molecular weight excluding hydrogens is 520 g/mol. The number of nitrogens with one attached hydrogen (secondary N) is 3. The van der Waals surface area contributed by atoms with E-state index in [9.17, 15) is 14.0 Å². The molecule has 0 bridgehead atoms. The molecule has 1 aliphatic carbocycles. The minimum Gasteiger partial charge on any atom is -0.339 e. The molecule has 0 unspecified atom stereocenters. The Balaban J connectivity index is 1.47. The first-order valence-electron chi connectivity index (χ1n) is 12.3. The maximum atomic E-state index is 14.9. The van der Waals surface area contributed by atoms with Crippen molar-refractivity contribution in [1.82, 2.24) is 30.3 Å². The second-order valence-electron chi connectivity index (χ2n) is 9.38. The number of hydrogen-bond donors (Lipinski definition) is 3. The molecule has 0 saturated heterocycles. The van der Waals surface area contributed by atoms with Crippen molar-refractivity contribution in [2.24, 2.45) is 5.92 Å². The molecule has 3 aromatic rings. The molecule has 3 N–H and O–H groups in total. The largest absolute Gasteiger partial charge is 0.339 e. The predicted molar refractivity (Wildman–Crippen MR) is 140 cm³/mol. The number of halogens is 3. The van der Waals surface area contributed by atoms with Crippen LogP contribution in [0.15, 0.2) is 24.4 Å². The lowest BCUT2D eigenvalue weighted by Gasteiger charge is -2.26. The Morgan fingerprint density at radius 3 is 2.62 bits per heavy atom. The minimum atomic E-state index is -0.908. The normalized spacial score (nSPS) is 14.4. The first-order valence-corrected chi connectivity index (χ1v) is 13.2. The van der Waals surface area contributed by atoms with Gasteiger partial charge in [-0.05, 0) is 70.1 Å². The first-order chi connectivity index (χ1) is 17.7. The van der Waals surface area contributed by atoms with Gasteiger partial charge in [-0.1, -0.05) is 6.42 Å². The fourth-order valence-corrected chi connectivity index (χ4v) is 4.73. The molecule has 3 heterocycles. The topological polar surface area (TPSA) is 118 Å². The Kier molecular flexibility index (Phi) is 8.81. The highest BCUT2D eigenvalue weighted by atomic mass is 35.5. The average Bonchev–Trinajstić information content (AvgIpc) is 3.42. The van der Waals surface area contributed by atoms with E-state index >= 15 is 0 Å². The Morgan fingerprint density at radius 1 is 1.22 bits per heavy atom. The number of aryl methyl sites for hydroxylation is 2. The Morgan fingerprint density at radius 2 is 2.00 bits per heavy atom. The summed E-state index contributed by atoms with van der Waals surface area (Å²) < 4.78 is 16.6. The second-order valence-corrected chi connectivity index (χ2v) is 10.7. The van der Waals surface area contributed by atoms with Crippen LogP contribution in [0.5, 0.6) is 0 Å². The summed E-state index contributed by atoms with van der Waals surface area (Å²) in [6.45, 7) is 4.23. The zero-order valence-corrected chi connectivity index (χ0v) is 22.2. The van der Waals surface area contributed by atoms with Crippen LogP contribution < -0.4 is 10.6 Å². The van der Waals surface area contributed by atoms with Gasteiger partial charge in [0.25, 0.3) is 5.91 Å². The molecule has 0 aliphatic heterocycles. The fourth-order valence-electron chi connectivity index (χ4n) is 4.42. The van der Waals surface area contributed by atoms with Crippen LogP contribution in [0.3, 0.4) is 0 Å². The van der Waals surface area contributed by atoms with Gasteiger partial charge in [0, 0.05) is 29.6 Å². The Hall–Kier alpha value is -2.98. The van der Waals surface area contributed by atoms with Gasteiger partial charge in [0.05, 0.1) is 5.69 Å². The number of alkyl halides is 2. The van der Waals surface area contributed by atoms with E-state index in [2.05, 4.69) is 30.9 Å². The highest BCUT2D eigenvalue weighted by Gasteiger charge is 2.26. The zero-order valence-electron chi connectivity index (χ0n) is 20.7. The van der Waals surface area contributed by atoms with Crippen molar-refractivity contribution in [3.05, 3.63) is 47.4 Å². The molecule has 1 atom stereocenters. The second kappa shape index (κ2) is 12.0. The van der Waals surface area contributed by atoms with Crippen molar-refractivity contribution in [3.8, 4) is 11.1 Å². The monoisotopic (exact) mass is 549 g/mol. The van der Waals surface area contributed by atoms with Gasteiger partial charge in [0.1, 0.15) is 22.4 Å². The van der Waals surface area contributed by atoms with Crippen molar-refractivity contribution in [3.63, 3.8) is 0 Å². The summed E-state index contributed by atoms with van der Waals surface area (Å²) in [4.78, 5) is 29.6. The van der Waals surface area contributed by atoms with Gasteiger partial charge in [0.2, 0.25) is 11.9 Å². The third kappa shape index (κ3) is 6.67. The van der Waals surface area contributed by atoms with Crippen molar-refractivity contribution < 1.29 is 14.0 Å². The van der Waals surface area contributed by atoms with Gasteiger partial charge >= 0.3 is 0 Å². The van der Waals surface area contributed by atoms with Gasteiger partial charge in [-0.2, -0.15) is 14.6 Å². The SMILES string of the molecule is Cc1n[nH]c(C)c1-c1ccc(NC(=O)[C@H](CCCC(Cl)Cl)NC(=O)c2ccnn2CC2CCC2)nc1F. The third-order valence-corrected chi connectivity index (χ3v) is 7.08. The van der Waals surface area contributed by atoms with Crippen LogP contribution in [-0.2, 0) is 11.3 Å². The van der Waals surface area contributed by atoms with Gasteiger partial charge in [0.15, 0.2) is 0 Å². The number of amides is 2. The van der Waals surface area contributed by atoms with E-state index < -0.39 is 28.6 Å². The fraction of sp³-hybridized carbons (Fsp3) is 0.480. The number of aromatic amines is 1. The van der Waals surface area contributed by atoms with Gasteiger partial charge in [-0.3, -0.25) is 19.4 Å². The van der Waals surface area contributed by atoms with Crippen LogP contribution in [0.1, 0.15) is 60.4 Å². The molecular formula is C25H30Cl2FN7O2. The van der Waals surface area contributed by atoms with E-state index in [1.54, 1.807) is 36.9 Å². The molecule has 198 valence electrons. The first kappa shape index (κ1) is 27.1. The van der Waals surface area contributed by atoms with Crippen molar-refractivity contribution in [2.45, 2.75) is 69.8 Å². The lowest BCUT2D eigenvalue weighted by Crippen LogP contribution is -2.44. The Bertz CT molecular complexity index is 1240. The summed E-state index contributed by atoms with van der Waals surface area (Å²) in [5, 5.41) is 16.6. The number of anilines is 1. The van der Waals surface area contributed by atoms with E-state index in [4.69, 9.17) is 23.2 Å². The van der Waals surface area contributed by atoms with Crippen LogP contribution in [0.4, 0.5) is 10.2 Å². The molecule has 3 aromatic heterocycles. The predicted octanol–water partition coefficient (Wildman–Crippen LogP) is 4.94. The van der Waals surface area contributed by atoms with Gasteiger partial charge in [-0.15, -0.1) is 23.2 Å². The number of aromatic nitrogens is 5. The van der Waals surface area contributed by atoms with Gasteiger partial charge < -0.3 is 10.6 Å². The van der Waals surface area contributed by atoms with Crippen LogP contribution in [-0.4, -0.2) is 47.7 Å². The number of carbonyl (C=O) groups is 2. The highest BCUT2D eigenvalue weighted by molar-refractivity contribution is 6.44. The van der Waals surface area contributed by atoms with E-state index in [0.717, 1.165) is 12.8 Å². The number of nitrogens with zero attached hydrogens (tertiary/aromatic N) is 4. The minimum absolute atomic E-state index is 0.0342.